The van der Waals surface area contributed by atoms with E-state index in [2.05, 4.69) is 0 Å². The van der Waals surface area contributed by atoms with Crippen LogP contribution in [0.25, 0.3) is 0 Å². The van der Waals surface area contributed by atoms with Crippen LogP contribution in [0.15, 0.2) is 48.5 Å². The SMILES string of the molecule is CC(Oc1cccc(CO)c1)C(=O)N(C)c1cccc(C#N)c1. The Hall–Kier alpha value is -2.84. The minimum absolute atomic E-state index is 0.0830. The van der Waals surface area contributed by atoms with Crippen LogP contribution in [-0.4, -0.2) is 24.2 Å². The number of rotatable bonds is 5. The maximum absolute atomic E-state index is 12.5. The second-order valence-corrected chi connectivity index (χ2v) is 5.12. The zero-order chi connectivity index (χ0) is 16.8. The zero-order valence-corrected chi connectivity index (χ0v) is 13.1. The van der Waals surface area contributed by atoms with Crippen LogP contribution in [0, 0.1) is 11.3 Å². The fraction of sp³-hybridized carbons (Fsp3) is 0.222. The van der Waals surface area contributed by atoms with E-state index < -0.39 is 6.10 Å². The standard InChI is InChI=1S/C18H18N2O3/c1-13(23-17-8-4-6-15(10-17)12-21)18(22)20(2)16-7-3-5-14(9-16)11-19/h3-10,13,21H,12H2,1-2H3. The van der Waals surface area contributed by atoms with Crippen molar-refractivity contribution in [2.24, 2.45) is 0 Å². The summed E-state index contributed by atoms with van der Waals surface area (Å²) in [4.78, 5) is 13.9. The number of amides is 1. The molecule has 0 bridgehead atoms. The molecule has 1 amide bonds. The van der Waals surface area contributed by atoms with Crippen molar-refractivity contribution in [2.75, 3.05) is 11.9 Å². The van der Waals surface area contributed by atoms with E-state index in [0.29, 0.717) is 17.0 Å². The van der Waals surface area contributed by atoms with Crippen LogP contribution in [0.4, 0.5) is 5.69 Å². The summed E-state index contributed by atoms with van der Waals surface area (Å²) in [5, 5.41) is 18.1. The number of nitriles is 1. The largest absolute Gasteiger partial charge is 0.481 e. The molecule has 1 N–H and O–H groups in total. The lowest BCUT2D eigenvalue weighted by Crippen LogP contribution is -2.38. The summed E-state index contributed by atoms with van der Waals surface area (Å²) in [6.45, 7) is 1.58. The van der Waals surface area contributed by atoms with E-state index in [1.165, 1.54) is 4.90 Å². The highest BCUT2D eigenvalue weighted by Gasteiger charge is 2.20. The Morgan fingerprint density at radius 1 is 1.30 bits per heavy atom. The molecular weight excluding hydrogens is 292 g/mol. The monoisotopic (exact) mass is 310 g/mol. The zero-order valence-electron chi connectivity index (χ0n) is 13.1. The second kappa shape index (κ2) is 7.43. The molecule has 23 heavy (non-hydrogen) atoms. The summed E-state index contributed by atoms with van der Waals surface area (Å²) >= 11 is 0. The summed E-state index contributed by atoms with van der Waals surface area (Å²) in [5.41, 5.74) is 1.84. The van der Waals surface area contributed by atoms with Gasteiger partial charge in [0.15, 0.2) is 6.10 Å². The van der Waals surface area contributed by atoms with Gasteiger partial charge in [0.2, 0.25) is 0 Å². The van der Waals surface area contributed by atoms with E-state index in [0.717, 1.165) is 5.56 Å². The average Bonchev–Trinajstić information content (AvgIpc) is 2.60. The molecule has 0 aliphatic rings. The van der Waals surface area contributed by atoms with E-state index in [-0.39, 0.29) is 12.5 Å². The molecule has 1 unspecified atom stereocenters. The van der Waals surface area contributed by atoms with Crippen molar-refractivity contribution in [3.05, 3.63) is 59.7 Å². The highest BCUT2D eigenvalue weighted by molar-refractivity contribution is 5.96. The van der Waals surface area contributed by atoms with Gasteiger partial charge < -0.3 is 14.7 Å². The summed E-state index contributed by atoms with van der Waals surface area (Å²) in [5.74, 6) is 0.297. The fourth-order valence-electron chi connectivity index (χ4n) is 2.16. The van der Waals surface area contributed by atoms with Gasteiger partial charge in [-0.25, -0.2) is 0 Å². The maximum Gasteiger partial charge on any atom is 0.267 e. The molecule has 0 spiro atoms. The minimum atomic E-state index is -0.695. The number of benzene rings is 2. The average molecular weight is 310 g/mol. The van der Waals surface area contributed by atoms with Gasteiger partial charge >= 0.3 is 0 Å². The van der Waals surface area contributed by atoms with Crippen LogP contribution in [0.5, 0.6) is 5.75 Å². The number of ether oxygens (including phenoxy) is 1. The van der Waals surface area contributed by atoms with Crippen LogP contribution < -0.4 is 9.64 Å². The van der Waals surface area contributed by atoms with Crippen molar-refractivity contribution >= 4 is 11.6 Å². The number of carbonyl (C=O) groups excluding carboxylic acids is 1. The van der Waals surface area contributed by atoms with Gasteiger partial charge in [0.25, 0.3) is 5.91 Å². The molecule has 0 saturated heterocycles. The molecule has 2 aromatic carbocycles. The first kappa shape index (κ1) is 16.5. The van der Waals surface area contributed by atoms with Crippen molar-refractivity contribution in [1.29, 1.82) is 5.26 Å². The van der Waals surface area contributed by atoms with Gasteiger partial charge in [-0.05, 0) is 42.8 Å². The molecule has 0 aromatic heterocycles. The number of anilines is 1. The Balaban J connectivity index is 2.10. The Kier molecular flexibility index (Phi) is 5.34. The Morgan fingerprint density at radius 2 is 2.04 bits per heavy atom. The third-order valence-electron chi connectivity index (χ3n) is 3.43. The van der Waals surface area contributed by atoms with Crippen LogP contribution in [0.3, 0.4) is 0 Å². The summed E-state index contributed by atoms with van der Waals surface area (Å²) in [6.07, 6.45) is -0.695. The predicted molar refractivity (Wildman–Crippen MR) is 87.0 cm³/mol. The summed E-state index contributed by atoms with van der Waals surface area (Å²) in [7, 11) is 1.64. The van der Waals surface area contributed by atoms with Crippen molar-refractivity contribution in [3.8, 4) is 11.8 Å². The number of carbonyl (C=O) groups is 1. The van der Waals surface area contributed by atoms with E-state index in [9.17, 15) is 4.79 Å². The number of hydrogen-bond donors (Lipinski definition) is 1. The molecule has 0 fully saturated rings. The maximum atomic E-state index is 12.5. The molecule has 0 aliphatic heterocycles. The summed E-state index contributed by atoms with van der Waals surface area (Å²) < 4.78 is 5.65. The van der Waals surface area contributed by atoms with Crippen LogP contribution in [0.2, 0.25) is 0 Å². The molecule has 0 radical (unpaired) electrons. The van der Waals surface area contributed by atoms with Gasteiger partial charge in [-0.3, -0.25) is 4.79 Å². The quantitative estimate of drug-likeness (QED) is 0.920. The second-order valence-electron chi connectivity index (χ2n) is 5.12. The first-order chi connectivity index (χ1) is 11.0. The molecule has 0 heterocycles. The molecule has 5 heteroatoms. The smallest absolute Gasteiger partial charge is 0.267 e. The number of nitrogens with zero attached hydrogens (tertiary/aromatic N) is 2. The molecule has 2 rings (SSSR count). The number of hydrogen-bond acceptors (Lipinski definition) is 4. The summed E-state index contributed by atoms with van der Waals surface area (Å²) in [6, 6.07) is 15.8. The lowest BCUT2D eigenvalue weighted by molar-refractivity contribution is -0.124. The van der Waals surface area contributed by atoms with Gasteiger partial charge in [-0.15, -0.1) is 0 Å². The predicted octanol–water partition coefficient (Wildman–Crippen LogP) is 2.48. The van der Waals surface area contributed by atoms with E-state index in [1.807, 2.05) is 6.07 Å². The Bertz CT molecular complexity index is 737. The Labute approximate surface area is 135 Å². The van der Waals surface area contributed by atoms with E-state index >= 15 is 0 Å². The van der Waals surface area contributed by atoms with Gasteiger partial charge in [-0.1, -0.05) is 18.2 Å². The molecular formula is C18H18N2O3. The number of aliphatic hydroxyl groups excluding tert-OH is 1. The molecule has 2 aromatic rings. The van der Waals surface area contributed by atoms with Crippen LogP contribution in [-0.2, 0) is 11.4 Å². The van der Waals surface area contributed by atoms with Crippen molar-refractivity contribution in [3.63, 3.8) is 0 Å². The number of likely N-dealkylation sites (N-methyl/N-ethyl adjacent to an activating group) is 1. The lowest BCUT2D eigenvalue weighted by Gasteiger charge is -2.22. The molecule has 0 aliphatic carbocycles. The highest BCUT2D eigenvalue weighted by atomic mass is 16.5. The Morgan fingerprint density at radius 3 is 2.74 bits per heavy atom. The van der Waals surface area contributed by atoms with Crippen LogP contribution >= 0.6 is 0 Å². The number of aliphatic hydroxyl groups is 1. The van der Waals surface area contributed by atoms with Gasteiger partial charge in [0, 0.05) is 12.7 Å². The van der Waals surface area contributed by atoms with Crippen molar-refractivity contribution in [2.45, 2.75) is 19.6 Å². The van der Waals surface area contributed by atoms with E-state index in [1.54, 1.807) is 62.5 Å². The first-order valence-electron chi connectivity index (χ1n) is 7.19. The third-order valence-corrected chi connectivity index (χ3v) is 3.43. The van der Waals surface area contributed by atoms with Crippen LogP contribution in [0.1, 0.15) is 18.1 Å². The minimum Gasteiger partial charge on any atom is -0.481 e. The van der Waals surface area contributed by atoms with Crippen molar-refractivity contribution < 1.29 is 14.6 Å². The normalized spacial score (nSPS) is 11.4. The fourth-order valence-corrected chi connectivity index (χ4v) is 2.16. The topological polar surface area (TPSA) is 73.6 Å². The van der Waals surface area contributed by atoms with Gasteiger partial charge in [0.05, 0.1) is 18.2 Å². The van der Waals surface area contributed by atoms with Gasteiger partial charge in [0.1, 0.15) is 5.75 Å². The third kappa shape index (κ3) is 4.09. The molecule has 0 saturated carbocycles. The molecule has 1 atom stereocenters. The first-order valence-corrected chi connectivity index (χ1v) is 7.19. The van der Waals surface area contributed by atoms with Crippen molar-refractivity contribution in [1.82, 2.24) is 0 Å². The highest BCUT2D eigenvalue weighted by Crippen LogP contribution is 2.19. The molecule has 118 valence electrons. The lowest BCUT2D eigenvalue weighted by atomic mass is 10.2. The van der Waals surface area contributed by atoms with E-state index in [4.69, 9.17) is 15.1 Å². The molecule has 5 nitrogen and oxygen atoms in total. The van der Waals surface area contributed by atoms with Gasteiger partial charge in [-0.2, -0.15) is 5.26 Å².